The highest BCUT2D eigenvalue weighted by Crippen LogP contribution is 2.37. The molecule has 0 aliphatic rings. The summed E-state index contributed by atoms with van der Waals surface area (Å²) < 4.78 is 5.89. The Labute approximate surface area is 206 Å². The molecule has 0 fully saturated rings. The number of nitrogens with zero attached hydrogens (tertiary/aromatic N) is 3. The van der Waals surface area contributed by atoms with Crippen LogP contribution in [0.3, 0.4) is 0 Å². The fraction of sp³-hybridized carbons (Fsp3) is 0.481. The highest BCUT2D eigenvalue weighted by atomic mass is 35.5. The predicted octanol–water partition coefficient (Wildman–Crippen LogP) is 6.57. The van der Waals surface area contributed by atoms with E-state index < -0.39 is 0 Å². The van der Waals surface area contributed by atoms with Gasteiger partial charge in [0.15, 0.2) is 11.7 Å². The average Bonchev–Trinajstić information content (AvgIpc) is 3.21. The number of phenolic OH excluding ortho intramolecular Hbond substituents is 1. The second-order valence-corrected chi connectivity index (χ2v) is 10.2. The largest absolute Gasteiger partial charge is 0.505 e. The maximum absolute atomic E-state index is 11.7. The zero-order valence-corrected chi connectivity index (χ0v) is 21.4. The third kappa shape index (κ3) is 6.19. The molecule has 0 spiro atoms. The smallest absolute Gasteiger partial charge is 0.183 e. The van der Waals surface area contributed by atoms with Crippen LogP contribution in [0.1, 0.15) is 71.4 Å². The van der Waals surface area contributed by atoms with Gasteiger partial charge in [0.25, 0.3) is 0 Å². The molecule has 0 saturated heterocycles. The van der Waals surface area contributed by atoms with E-state index in [-0.39, 0.29) is 23.3 Å². The predicted molar refractivity (Wildman–Crippen MR) is 136 cm³/mol. The number of aromatic hydroxyl groups is 1. The molecule has 7 heteroatoms. The van der Waals surface area contributed by atoms with Crippen molar-refractivity contribution in [2.75, 3.05) is 6.61 Å². The third-order valence-corrected chi connectivity index (χ3v) is 6.27. The van der Waals surface area contributed by atoms with Crippen LogP contribution in [0.15, 0.2) is 36.1 Å². The molecule has 1 heterocycles. The van der Waals surface area contributed by atoms with Gasteiger partial charge in [0, 0.05) is 17.0 Å². The Hall–Kier alpha value is -2.82. The van der Waals surface area contributed by atoms with Gasteiger partial charge in [-0.15, -0.1) is 15.0 Å². The number of hydrogen-bond donors (Lipinski definition) is 1. The Morgan fingerprint density at radius 1 is 1.18 bits per heavy atom. The van der Waals surface area contributed by atoms with Gasteiger partial charge in [-0.25, -0.2) is 4.79 Å². The molecule has 0 aliphatic carbocycles. The molecule has 0 radical (unpaired) electrons. The van der Waals surface area contributed by atoms with Crippen molar-refractivity contribution in [3.05, 3.63) is 52.2 Å². The number of hydrogen-bond acceptors (Lipinski definition) is 5. The van der Waals surface area contributed by atoms with Crippen LogP contribution in [0.5, 0.6) is 5.75 Å². The lowest BCUT2D eigenvalue weighted by Gasteiger charge is -2.23. The van der Waals surface area contributed by atoms with Crippen molar-refractivity contribution in [1.82, 2.24) is 15.0 Å². The number of rotatable bonds is 10. The van der Waals surface area contributed by atoms with Gasteiger partial charge in [-0.2, -0.15) is 0 Å². The Kier molecular flexibility index (Phi) is 8.40. The fourth-order valence-corrected chi connectivity index (χ4v) is 4.08. The van der Waals surface area contributed by atoms with Gasteiger partial charge in [0.1, 0.15) is 22.5 Å². The second kappa shape index (κ2) is 11.1. The average molecular weight is 484 g/mol. The number of allylic oxidation sites excluding steroid dienone is 1. The summed E-state index contributed by atoms with van der Waals surface area (Å²) in [6, 6.07) is 8.97. The first-order chi connectivity index (χ1) is 16.2. The number of benzene rings is 2. The molecular weight excluding hydrogens is 450 g/mol. The Bertz CT molecular complexity index is 1190. The molecule has 1 unspecified atom stereocenters. The van der Waals surface area contributed by atoms with Gasteiger partial charge in [-0.05, 0) is 47.6 Å². The molecule has 3 rings (SSSR count). The maximum Gasteiger partial charge on any atom is 0.183 e. The van der Waals surface area contributed by atoms with Crippen molar-refractivity contribution in [1.29, 1.82) is 0 Å². The van der Waals surface area contributed by atoms with E-state index in [9.17, 15) is 9.90 Å². The van der Waals surface area contributed by atoms with E-state index in [4.69, 9.17) is 16.3 Å². The van der Waals surface area contributed by atoms with E-state index in [1.54, 1.807) is 24.3 Å². The van der Waals surface area contributed by atoms with E-state index >= 15 is 0 Å². The summed E-state index contributed by atoms with van der Waals surface area (Å²) in [5.41, 5.74) is 2.94. The summed E-state index contributed by atoms with van der Waals surface area (Å²) in [5, 5.41) is 20.7. The first kappa shape index (κ1) is 25.8. The van der Waals surface area contributed by atoms with E-state index in [2.05, 4.69) is 24.0 Å². The maximum atomic E-state index is 11.7. The van der Waals surface area contributed by atoms with Crippen LogP contribution in [0, 0.1) is 5.92 Å². The molecule has 1 aromatic heterocycles. The van der Waals surface area contributed by atoms with Gasteiger partial charge >= 0.3 is 0 Å². The molecule has 34 heavy (non-hydrogen) atoms. The quantitative estimate of drug-likeness (QED) is 0.260. The summed E-state index contributed by atoms with van der Waals surface area (Å²) in [6.07, 6.45) is 4.65. The normalized spacial score (nSPS) is 12.5. The Morgan fingerprint density at radius 3 is 2.56 bits per heavy atom. The van der Waals surface area contributed by atoms with Gasteiger partial charge < -0.3 is 9.84 Å². The van der Waals surface area contributed by atoms with E-state index in [0.717, 1.165) is 36.8 Å². The highest BCUT2D eigenvalue weighted by Gasteiger charge is 2.24. The number of halogens is 1. The summed E-state index contributed by atoms with van der Waals surface area (Å²) in [6.45, 7) is 10.9. The van der Waals surface area contributed by atoms with E-state index in [0.29, 0.717) is 34.3 Å². The lowest BCUT2D eigenvalue weighted by atomic mass is 9.84. The van der Waals surface area contributed by atoms with Gasteiger partial charge in [-0.3, -0.25) is 0 Å². The van der Waals surface area contributed by atoms with Crippen LogP contribution in [-0.4, -0.2) is 32.6 Å². The summed E-state index contributed by atoms with van der Waals surface area (Å²) in [7, 11) is 0. The first-order valence-corrected chi connectivity index (χ1v) is 12.3. The van der Waals surface area contributed by atoms with Crippen LogP contribution in [0.4, 0.5) is 0 Å². The minimum Gasteiger partial charge on any atom is -0.505 e. The Balaban J connectivity index is 1.95. The zero-order chi connectivity index (χ0) is 24.9. The van der Waals surface area contributed by atoms with Crippen LogP contribution in [-0.2, 0) is 21.4 Å². The summed E-state index contributed by atoms with van der Waals surface area (Å²) in [5.74, 6) is 2.75. The van der Waals surface area contributed by atoms with Crippen molar-refractivity contribution < 1.29 is 14.6 Å². The minimum absolute atomic E-state index is 0.103. The van der Waals surface area contributed by atoms with Crippen molar-refractivity contribution in [2.45, 2.75) is 72.1 Å². The lowest BCUT2D eigenvalue weighted by Crippen LogP contribution is -2.15. The monoisotopic (exact) mass is 483 g/mol. The van der Waals surface area contributed by atoms with Gasteiger partial charge in [-0.1, -0.05) is 71.5 Å². The van der Waals surface area contributed by atoms with Gasteiger partial charge in [0.2, 0.25) is 0 Å². The van der Waals surface area contributed by atoms with Crippen molar-refractivity contribution in [3.63, 3.8) is 0 Å². The number of carbonyl (C=O) groups excluding carboxylic acids is 1. The third-order valence-electron chi connectivity index (χ3n) is 6.03. The molecule has 0 saturated carbocycles. The number of phenols is 1. The van der Waals surface area contributed by atoms with Crippen LogP contribution < -0.4 is 0 Å². The van der Waals surface area contributed by atoms with Crippen molar-refractivity contribution in [2.24, 2.45) is 5.92 Å². The molecule has 6 nitrogen and oxygen atoms in total. The molecule has 0 bridgehead atoms. The van der Waals surface area contributed by atoms with Crippen LogP contribution >= 0.6 is 11.6 Å². The summed E-state index contributed by atoms with van der Waals surface area (Å²) >= 11 is 6.10. The fourth-order valence-electron chi connectivity index (χ4n) is 3.92. The summed E-state index contributed by atoms with van der Waals surface area (Å²) in [4.78, 5) is 13.1. The molecule has 182 valence electrons. The van der Waals surface area contributed by atoms with Gasteiger partial charge in [0.05, 0.1) is 6.61 Å². The molecule has 1 atom stereocenters. The minimum atomic E-state index is -0.343. The number of aromatic nitrogens is 3. The van der Waals surface area contributed by atoms with Crippen molar-refractivity contribution >= 4 is 28.6 Å². The second-order valence-electron chi connectivity index (χ2n) is 9.81. The molecule has 0 aliphatic heterocycles. The molecule has 0 amide bonds. The molecular formula is C27H34ClN3O3. The Morgan fingerprint density at radius 2 is 1.91 bits per heavy atom. The molecule has 2 aromatic carbocycles. The highest BCUT2D eigenvalue weighted by molar-refractivity contribution is 6.31. The number of fused-ring (bicyclic) bond motifs is 1. The van der Waals surface area contributed by atoms with E-state index in [1.807, 2.05) is 32.8 Å². The van der Waals surface area contributed by atoms with E-state index in [1.165, 1.54) is 4.80 Å². The lowest BCUT2D eigenvalue weighted by molar-refractivity contribution is 0.154. The zero-order valence-electron chi connectivity index (χ0n) is 20.7. The topological polar surface area (TPSA) is 77.2 Å². The molecule has 1 N–H and O–H groups in total. The number of ether oxygens (including phenoxy) is 1. The van der Waals surface area contributed by atoms with Crippen LogP contribution in [0.2, 0.25) is 5.02 Å². The SMILES string of the molecule is CCCCC(CC)COC(=C=O)Cc1cc(-n2nc3ccc(Cl)cc3n2)c(O)c(C(C)(C)C)c1. The first-order valence-electron chi connectivity index (χ1n) is 11.9. The number of unbranched alkanes of at least 4 members (excludes halogenated alkanes) is 1. The van der Waals surface area contributed by atoms with Crippen molar-refractivity contribution in [3.8, 4) is 11.4 Å². The van der Waals surface area contributed by atoms with Crippen LogP contribution in [0.25, 0.3) is 16.7 Å². The molecule has 3 aromatic rings. The standard InChI is InChI=1S/C27H34ClN3O3/c1-6-8-9-18(7-2)17-34-21(16-32)12-19-13-22(27(3,4)5)26(33)25(14-19)31-29-23-11-10-20(28)15-24(23)30-31/h10-11,13-15,18,33H,6-9,12,17H2,1-5H3.